The van der Waals surface area contributed by atoms with Gasteiger partial charge in [0.15, 0.2) is 5.82 Å². The number of fused-ring (bicyclic) bond motifs is 2. The number of benzene rings is 4. The average Bonchev–Trinajstić information content (AvgIpc) is 3.50. The molecule has 0 N–H and O–H groups in total. The summed E-state index contributed by atoms with van der Waals surface area (Å²) in [6, 6.07) is 40.3. The first kappa shape index (κ1) is 38.5. The highest BCUT2D eigenvalue weighted by atomic mass is 14.9. The molecule has 3 nitrogen and oxygen atoms in total. The zero-order chi connectivity index (χ0) is 40.1. The quantitative estimate of drug-likeness (QED) is 0.141. The second-order valence-corrected chi connectivity index (χ2v) is 16.0. The minimum absolute atomic E-state index is 0.141. The van der Waals surface area contributed by atoms with E-state index in [0.717, 1.165) is 63.5 Å². The second-order valence-electron chi connectivity index (χ2n) is 16.0. The molecular weight excluding hydrogens is 703 g/mol. The highest BCUT2D eigenvalue weighted by molar-refractivity contribution is 5.83. The summed E-state index contributed by atoms with van der Waals surface area (Å²) in [7, 11) is 0. The smallest absolute Gasteiger partial charge is 0.160 e. The first-order valence-corrected chi connectivity index (χ1v) is 20.8. The molecule has 0 aliphatic heterocycles. The highest BCUT2D eigenvalue weighted by Crippen LogP contribution is 2.57. The standard InChI is InChI=1S/C55H51N3/c1-5-42(25-22-38(2)39(3)23-30-49-40(4)55(32-13-8-14-33-55)51-34-41(37-56)24-31-50(49)51)47-20-15-21-48(35-47)43-26-28-45(29-27-43)53-36-52(44-16-9-6-10-17-44)57-54(58-53)46-18-11-7-12-19-46/h5-7,9-12,15-26,28,30-31,34-36,40H,2,8,13-14,27,29,32-33H2,1,3-4H3/b25-22-,39-23+,42-5+,49-30+. The van der Waals surface area contributed by atoms with Gasteiger partial charge in [-0.25, -0.2) is 9.97 Å². The van der Waals surface area contributed by atoms with Crippen molar-refractivity contribution in [3.63, 3.8) is 0 Å². The van der Waals surface area contributed by atoms with Gasteiger partial charge in [-0.1, -0.05) is 160 Å². The van der Waals surface area contributed by atoms with Crippen molar-refractivity contribution in [3.05, 3.63) is 203 Å². The Balaban J connectivity index is 1.00. The summed E-state index contributed by atoms with van der Waals surface area (Å²) in [6.07, 6.45) is 23.6. The molecule has 0 bridgehead atoms. The fraction of sp³-hybridized carbons (Fsp3) is 0.218. The molecular formula is C55H51N3. The Labute approximate surface area is 345 Å². The Morgan fingerprint density at radius 2 is 1.45 bits per heavy atom. The van der Waals surface area contributed by atoms with Gasteiger partial charge in [-0.2, -0.15) is 5.26 Å². The molecule has 1 spiro atoms. The third-order valence-corrected chi connectivity index (χ3v) is 12.7. The molecule has 0 saturated heterocycles. The number of nitrogens with zero attached hydrogens (tertiary/aromatic N) is 3. The molecule has 3 heteroatoms. The SMILES string of the molecule is C=C(/C=C\C(=C/C)c1cccc(C2=CC=C(c3cc(-c4ccccc4)nc(-c4ccccc4)n3)CC2)c1)/C(C)=C/C=C1/c2ccc(C#N)cc2C2(CCCCC2)C1C. The van der Waals surface area contributed by atoms with Crippen LogP contribution in [0.2, 0.25) is 0 Å². The van der Waals surface area contributed by atoms with E-state index in [1.807, 2.05) is 30.3 Å². The Kier molecular flexibility index (Phi) is 11.3. The van der Waals surface area contributed by atoms with E-state index in [-0.39, 0.29) is 5.41 Å². The Bertz CT molecular complexity index is 2520. The Morgan fingerprint density at radius 3 is 2.16 bits per heavy atom. The normalized spacial score (nSPS) is 18.5. The summed E-state index contributed by atoms with van der Waals surface area (Å²) in [5.41, 5.74) is 17.3. The lowest BCUT2D eigenvalue weighted by molar-refractivity contribution is 0.252. The predicted molar refractivity (Wildman–Crippen MR) is 243 cm³/mol. The van der Waals surface area contributed by atoms with Gasteiger partial charge in [0.1, 0.15) is 0 Å². The van der Waals surface area contributed by atoms with Crippen LogP contribution in [-0.2, 0) is 5.41 Å². The molecule has 1 saturated carbocycles. The second kappa shape index (κ2) is 17.0. The van der Waals surface area contributed by atoms with E-state index in [1.54, 1.807) is 0 Å². The summed E-state index contributed by atoms with van der Waals surface area (Å²) in [4.78, 5) is 10.0. The van der Waals surface area contributed by atoms with Gasteiger partial charge in [-0.15, -0.1) is 0 Å². The van der Waals surface area contributed by atoms with Gasteiger partial charge < -0.3 is 0 Å². The molecule has 1 unspecified atom stereocenters. The van der Waals surface area contributed by atoms with Gasteiger partial charge in [0.2, 0.25) is 0 Å². The number of rotatable bonds is 9. The Hall–Kier alpha value is -6.37. The van der Waals surface area contributed by atoms with Crippen LogP contribution in [-0.4, -0.2) is 9.97 Å². The molecule has 1 fully saturated rings. The molecule has 58 heavy (non-hydrogen) atoms. The first-order chi connectivity index (χ1) is 28.4. The van der Waals surface area contributed by atoms with Crippen LogP contribution in [0.4, 0.5) is 0 Å². The summed E-state index contributed by atoms with van der Waals surface area (Å²) in [5.74, 6) is 1.16. The monoisotopic (exact) mass is 753 g/mol. The van der Waals surface area contributed by atoms with Crippen LogP contribution >= 0.6 is 0 Å². The van der Waals surface area contributed by atoms with Crippen molar-refractivity contribution in [1.29, 1.82) is 5.26 Å². The number of hydrogen-bond acceptors (Lipinski definition) is 3. The van der Waals surface area contributed by atoms with Crippen LogP contribution in [0.3, 0.4) is 0 Å². The van der Waals surface area contributed by atoms with Crippen molar-refractivity contribution in [2.24, 2.45) is 5.92 Å². The van der Waals surface area contributed by atoms with Crippen LogP contribution in [0.5, 0.6) is 0 Å². The molecule has 1 heterocycles. The predicted octanol–water partition coefficient (Wildman–Crippen LogP) is 14.3. The zero-order valence-electron chi connectivity index (χ0n) is 34.0. The lowest BCUT2D eigenvalue weighted by atomic mass is 9.65. The summed E-state index contributed by atoms with van der Waals surface area (Å²) in [5, 5.41) is 9.69. The molecule has 0 amide bonds. The van der Waals surface area contributed by atoms with Crippen LogP contribution in [0.1, 0.15) is 99.2 Å². The van der Waals surface area contributed by atoms with Crippen LogP contribution in [0.25, 0.3) is 44.9 Å². The van der Waals surface area contributed by atoms with Gasteiger partial charge in [0.05, 0.1) is 23.0 Å². The number of aromatic nitrogens is 2. The zero-order valence-corrected chi connectivity index (χ0v) is 34.0. The number of hydrogen-bond donors (Lipinski definition) is 0. The molecule has 5 aromatic rings. The van der Waals surface area contributed by atoms with Gasteiger partial charge in [-0.05, 0) is 125 Å². The lowest BCUT2D eigenvalue weighted by Gasteiger charge is -2.38. The maximum Gasteiger partial charge on any atom is 0.160 e. The average molecular weight is 754 g/mol. The van der Waals surface area contributed by atoms with Gasteiger partial charge in [0, 0.05) is 16.5 Å². The largest absolute Gasteiger partial charge is 0.228 e. The van der Waals surface area contributed by atoms with Crippen LogP contribution < -0.4 is 0 Å². The van der Waals surface area contributed by atoms with Gasteiger partial charge in [-0.3, -0.25) is 0 Å². The third kappa shape index (κ3) is 7.80. The van der Waals surface area contributed by atoms with Crippen molar-refractivity contribution in [2.45, 2.75) is 71.1 Å². The minimum atomic E-state index is 0.141. The number of nitriles is 1. The molecule has 3 aliphatic rings. The van der Waals surface area contributed by atoms with Crippen molar-refractivity contribution in [2.75, 3.05) is 0 Å². The number of allylic oxidation sites excluding steroid dienone is 13. The molecule has 0 radical (unpaired) electrons. The minimum Gasteiger partial charge on any atom is -0.228 e. The molecule has 1 aromatic heterocycles. The van der Waals surface area contributed by atoms with Gasteiger partial charge >= 0.3 is 0 Å². The topological polar surface area (TPSA) is 49.6 Å². The first-order valence-electron chi connectivity index (χ1n) is 20.8. The van der Waals surface area contributed by atoms with Crippen LogP contribution in [0, 0.1) is 17.2 Å². The maximum absolute atomic E-state index is 9.69. The lowest BCUT2D eigenvalue weighted by Crippen LogP contribution is -2.32. The van der Waals surface area contributed by atoms with E-state index in [9.17, 15) is 5.26 Å². The van der Waals surface area contributed by atoms with E-state index in [2.05, 4.69) is 155 Å². The summed E-state index contributed by atoms with van der Waals surface area (Å²) >= 11 is 0. The fourth-order valence-electron chi connectivity index (χ4n) is 9.24. The van der Waals surface area contributed by atoms with Crippen molar-refractivity contribution in [1.82, 2.24) is 9.97 Å². The highest BCUT2D eigenvalue weighted by Gasteiger charge is 2.47. The van der Waals surface area contributed by atoms with Crippen molar-refractivity contribution >= 4 is 22.3 Å². The van der Waals surface area contributed by atoms with E-state index in [0.29, 0.717) is 5.92 Å². The van der Waals surface area contributed by atoms with E-state index < -0.39 is 0 Å². The van der Waals surface area contributed by atoms with E-state index in [4.69, 9.17) is 9.97 Å². The molecule has 286 valence electrons. The summed E-state index contributed by atoms with van der Waals surface area (Å²) < 4.78 is 0. The molecule has 8 rings (SSSR count). The molecule has 1 atom stereocenters. The van der Waals surface area contributed by atoms with Crippen LogP contribution in [0.15, 0.2) is 169 Å². The molecule has 3 aliphatic carbocycles. The maximum atomic E-state index is 9.69. The van der Waals surface area contributed by atoms with Gasteiger partial charge in [0.25, 0.3) is 0 Å². The van der Waals surface area contributed by atoms with Crippen molar-refractivity contribution < 1.29 is 0 Å². The van der Waals surface area contributed by atoms with E-state index in [1.165, 1.54) is 71.1 Å². The molecule has 4 aromatic carbocycles. The van der Waals surface area contributed by atoms with Crippen molar-refractivity contribution in [3.8, 4) is 28.7 Å². The third-order valence-electron chi connectivity index (χ3n) is 12.7. The van der Waals surface area contributed by atoms with E-state index >= 15 is 0 Å². The Morgan fingerprint density at radius 1 is 0.759 bits per heavy atom. The fourth-order valence-corrected chi connectivity index (χ4v) is 9.24. The summed E-state index contributed by atoms with van der Waals surface area (Å²) in [6.45, 7) is 11.1.